The van der Waals surface area contributed by atoms with Crippen LogP contribution in [0.1, 0.15) is 43.7 Å². The van der Waals surface area contributed by atoms with Crippen molar-refractivity contribution in [3.63, 3.8) is 0 Å². The van der Waals surface area contributed by atoms with Crippen molar-refractivity contribution in [1.29, 1.82) is 0 Å². The van der Waals surface area contributed by atoms with E-state index in [1.807, 2.05) is 26.0 Å². The molecule has 1 N–H and O–H groups in total. The van der Waals surface area contributed by atoms with Crippen LogP contribution in [0.4, 0.5) is 0 Å². The Labute approximate surface area is 123 Å². The normalized spacial score (nSPS) is 21.7. The zero-order valence-electron chi connectivity index (χ0n) is 12.3. The summed E-state index contributed by atoms with van der Waals surface area (Å²) in [7, 11) is 0. The average molecular weight is 289 g/mol. The first-order chi connectivity index (χ1) is 10.1. The Bertz CT molecular complexity index is 580. The first kappa shape index (κ1) is 13.9. The molecule has 1 saturated heterocycles. The van der Waals surface area contributed by atoms with Gasteiger partial charge in [0.15, 0.2) is 0 Å². The van der Waals surface area contributed by atoms with Gasteiger partial charge >= 0.3 is 0 Å². The van der Waals surface area contributed by atoms with E-state index in [1.54, 1.807) is 0 Å². The monoisotopic (exact) mass is 289 g/mol. The maximum atomic E-state index is 11.6. The molecule has 0 bridgehead atoms. The summed E-state index contributed by atoms with van der Waals surface area (Å²) in [5, 5.41) is 2.34. The van der Waals surface area contributed by atoms with Gasteiger partial charge in [-0.15, -0.1) is 0 Å². The third kappa shape index (κ3) is 2.73. The number of carbonyl (C=O) groups is 2. The molecule has 1 fully saturated rings. The Kier molecular flexibility index (Phi) is 3.57. The maximum Gasteiger partial charge on any atom is 0.227 e. The number of benzene rings is 1. The predicted molar refractivity (Wildman–Crippen MR) is 76.5 cm³/mol. The summed E-state index contributed by atoms with van der Waals surface area (Å²) >= 11 is 0. The molecule has 1 aromatic carbocycles. The van der Waals surface area contributed by atoms with Crippen LogP contribution in [0.25, 0.3) is 0 Å². The van der Waals surface area contributed by atoms with Crippen molar-refractivity contribution >= 4 is 11.8 Å². The van der Waals surface area contributed by atoms with Gasteiger partial charge in [-0.25, -0.2) is 0 Å². The fourth-order valence-corrected chi connectivity index (χ4v) is 3.05. The summed E-state index contributed by atoms with van der Waals surface area (Å²) in [5.74, 6) is 1.01. The Morgan fingerprint density at radius 3 is 2.62 bits per heavy atom. The Morgan fingerprint density at radius 1 is 1.24 bits per heavy atom. The van der Waals surface area contributed by atoms with Gasteiger partial charge in [0, 0.05) is 36.3 Å². The lowest BCUT2D eigenvalue weighted by molar-refractivity contribution is -0.133. The molecule has 1 unspecified atom stereocenters. The van der Waals surface area contributed by atoms with Crippen LogP contribution in [0, 0.1) is 0 Å². The summed E-state index contributed by atoms with van der Waals surface area (Å²) in [5.41, 5.74) is 2.02. The van der Waals surface area contributed by atoms with Crippen LogP contribution < -0.4 is 14.8 Å². The van der Waals surface area contributed by atoms with Crippen LogP contribution in [-0.4, -0.2) is 24.5 Å². The fourth-order valence-electron chi connectivity index (χ4n) is 3.05. The van der Waals surface area contributed by atoms with Gasteiger partial charge in [-0.05, 0) is 26.0 Å². The van der Waals surface area contributed by atoms with E-state index in [4.69, 9.17) is 9.47 Å². The summed E-state index contributed by atoms with van der Waals surface area (Å²) in [4.78, 5) is 23.2. The first-order valence-electron chi connectivity index (χ1n) is 7.35. The topological polar surface area (TPSA) is 64.6 Å². The molecule has 0 aromatic heterocycles. The standard InChI is InChI=1S/C16H19NO4/c1-3-20-14-5-11-4-9(2)21-13(11)8-12(14)10-6-15(18)17-16(19)7-10/h5,8-10H,3-4,6-7H2,1-2H3,(H,17,18,19). The van der Waals surface area contributed by atoms with E-state index >= 15 is 0 Å². The molecule has 112 valence electrons. The summed E-state index contributed by atoms with van der Waals surface area (Å²) in [6.07, 6.45) is 1.63. The quantitative estimate of drug-likeness (QED) is 0.864. The van der Waals surface area contributed by atoms with Crippen molar-refractivity contribution < 1.29 is 19.1 Å². The van der Waals surface area contributed by atoms with Gasteiger partial charge in [0.05, 0.1) is 6.61 Å². The van der Waals surface area contributed by atoms with E-state index in [-0.39, 0.29) is 23.8 Å². The van der Waals surface area contributed by atoms with Crippen LogP contribution >= 0.6 is 0 Å². The SMILES string of the molecule is CCOc1cc2c(cc1C1CC(=O)NC(=O)C1)OC(C)C2. The van der Waals surface area contributed by atoms with Gasteiger partial charge in [-0.3, -0.25) is 14.9 Å². The minimum Gasteiger partial charge on any atom is -0.494 e. The van der Waals surface area contributed by atoms with Crippen LogP contribution in [-0.2, 0) is 16.0 Å². The molecule has 2 aliphatic heterocycles. The minimum atomic E-state index is -0.228. The summed E-state index contributed by atoms with van der Waals surface area (Å²) in [6.45, 7) is 4.50. The molecule has 21 heavy (non-hydrogen) atoms. The van der Waals surface area contributed by atoms with Gasteiger partial charge < -0.3 is 9.47 Å². The predicted octanol–water partition coefficient (Wildman–Crippen LogP) is 1.93. The fraction of sp³-hybridized carbons (Fsp3) is 0.500. The molecule has 0 radical (unpaired) electrons. The second-order valence-corrected chi connectivity index (χ2v) is 5.64. The third-order valence-electron chi connectivity index (χ3n) is 3.91. The van der Waals surface area contributed by atoms with Crippen LogP contribution in [0.5, 0.6) is 11.5 Å². The van der Waals surface area contributed by atoms with Gasteiger partial charge in [0.1, 0.15) is 17.6 Å². The van der Waals surface area contributed by atoms with Crippen LogP contribution in [0.2, 0.25) is 0 Å². The molecule has 2 amide bonds. The van der Waals surface area contributed by atoms with Crippen molar-refractivity contribution in [2.45, 2.75) is 45.1 Å². The lowest BCUT2D eigenvalue weighted by Crippen LogP contribution is -2.37. The van der Waals surface area contributed by atoms with Crippen molar-refractivity contribution in [1.82, 2.24) is 5.32 Å². The minimum absolute atomic E-state index is 0.141. The number of ether oxygens (including phenoxy) is 2. The smallest absolute Gasteiger partial charge is 0.227 e. The average Bonchev–Trinajstić information content (AvgIpc) is 2.76. The van der Waals surface area contributed by atoms with Crippen LogP contribution in [0.3, 0.4) is 0 Å². The van der Waals surface area contributed by atoms with E-state index in [1.165, 1.54) is 0 Å². The Balaban J connectivity index is 1.98. The summed E-state index contributed by atoms with van der Waals surface area (Å²) < 4.78 is 11.5. The number of piperidine rings is 1. The molecular weight excluding hydrogens is 270 g/mol. The van der Waals surface area contributed by atoms with Crippen molar-refractivity contribution in [2.24, 2.45) is 0 Å². The van der Waals surface area contributed by atoms with E-state index in [9.17, 15) is 9.59 Å². The van der Waals surface area contributed by atoms with Crippen molar-refractivity contribution in [2.75, 3.05) is 6.61 Å². The molecule has 3 rings (SSSR count). The lowest BCUT2D eigenvalue weighted by atomic mass is 9.88. The summed E-state index contributed by atoms with van der Waals surface area (Å²) in [6, 6.07) is 3.94. The van der Waals surface area contributed by atoms with Gasteiger partial charge in [0.2, 0.25) is 11.8 Å². The number of amides is 2. The largest absolute Gasteiger partial charge is 0.494 e. The van der Waals surface area contributed by atoms with Crippen molar-refractivity contribution in [3.8, 4) is 11.5 Å². The first-order valence-corrected chi connectivity index (χ1v) is 7.35. The highest BCUT2D eigenvalue weighted by Crippen LogP contribution is 2.40. The Morgan fingerprint density at radius 2 is 1.95 bits per heavy atom. The molecule has 5 heteroatoms. The van der Waals surface area contributed by atoms with Gasteiger partial charge in [-0.1, -0.05) is 0 Å². The molecule has 2 aliphatic rings. The van der Waals surface area contributed by atoms with E-state index < -0.39 is 0 Å². The molecule has 5 nitrogen and oxygen atoms in total. The zero-order valence-corrected chi connectivity index (χ0v) is 12.3. The number of hydrogen-bond acceptors (Lipinski definition) is 4. The second kappa shape index (κ2) is 5.39. The highest BCUT2D eigenvalue weighted by molar-refractivity contribution is 5.98. The number of fused-ring (bicyclic) bond motifs is 1. The molecular formula is C16H19NO4. The van der Waals surface area contributed by atoms with Gasteiger partial charge in [0.25, 0.3) is 0 Å². The third-order valence-corrected chi connectivity index (χ3v) is 3.91. The number of rotatable bonds is 3. The van der Waals surface area contributed by atoms with Crippen LogP contribution in [0.15, 0.2) is 12.1 Å². The zero-order chi connectivity index (χ0) is 15.0. The highest BCUT2D eigenvalue weighted by atomic mass is 16.5. The molecule has 0 aliphatic carbocycles. The van der Waals surface area contributed by atoms with E-state index in [0.29, 0.717) is 19.4 Å². The number of hydrogen-bond donors (Lipinski definition) is 1. The molecule has 2 heterocycles. The molecule has 1 aromatic rings. The van der Waals surface area contributed by atoms with Crippen molar-refractivity contribution in [3.05, 3.63) is 23.3 Å². The lowest BCUT2D eigenvalue weighted by Gasteiger charge is -2.24. The number of nitrogens with one attached hydrogen (secondary N) is 1. The molecule has 1 atom stereocenters. The Hall–Kier alpha value is -2.04. The maximum absolute atomic E-state index is 11.6. The molecule has 0 saturated carbocycles. The highest BCUT2D eigenvalue weighted by Gasteiger charge is 2.30. The van der Waals surface area contributed by atoms with Gasteiger partial charge in [-0.2, -0.15) is 0 Å². The second-order valence-electron chi connectivity index (χ2n) is 5.64. The molecule has 0 spiro atoms. The number of carbonyl (C=O) groups excluding carboxylic acids is 2. The van der Waals surface area contributed by atoms with E-state index in [2.05, 4.69) is 5.32 Å². The number of imide groups is 1. The van der Waals surface area contributed by atoms with E-state index in [0.717, 1.165) is 29.0 Å².